The van der Waals surface area contributed by atoms with Gasteiger partial charge in [-0.3, -0.25) is 0 Å². The third-order valence-electron chi connectivity index (χ3n) is 3.97. The van der Waals surface area contributed by atoms with Crippen molar-refractivity contribution in [2.24, 2.45) is 0 Å². The highest BCUT2D eigenvalue weighted by Crippen LogP contribution is 2.28. The molecule has 3 aromatic rings. The predicted octanol–water partition coefficient (Wildman–Crippen LogP) is 4.32. The van der Waals surface area contributed by atoms with Crippen molar-refractivity contribution < 1.29 is 4.39 Å². The predicted molar refractivity (Wildman–Crippen MR) is 86.3 cm³/mol. The van der Waals surface area contributed by atoms with E-state index in [0.717, 1.165) is 27.7 Å². The van der Waals surface area contributed by atoms with Gasteiger partial charge in [0.05, 0.1) is 11.2 Å². The molecule has 1 aromatic heterocycles. The number of anilines is 1. The number of hydrogen-bond donors (Lipinski definition) is 1. The van der Waals surface area contributed by atoms with Crippen LogP contribution in [0, 0.1) is 12.7 Å². The second-order valence-corrected chi connectivity index (χ2v) is 5.79. The number of aromatic nitrogens is 2. The molecular weight excluding hydrogens is 277 g/mol. The number of halogens is 1. The Kier molecular flexibility index (Phi) is 3.03. The summed E-state index contributed by atoms with van der Waals surface area (Å²) in [6.07, 6.45) is 2.40. The largest absolute Gasteiger partial charge is 0.351 e. The lowest BCUT2D eigenvalue weighted by Crippen LogP contribution is -2.06. The van der Waals surface area contributed by atoms with E-state index < -0.39 is 0 Å². The van der Waals surface area contributed by atoms with Crippen molar-refractivity contribution >= 4 is 16.9 Å². The van der Waals surface area contributed by atoms with Gasteiger partial charge in [0, 0.05) is 11.4 Å². The molecule has 0 unspecified atom stereocenters. The summed E-state index contributed by atoms with van der Waals surface area (Å²) >= 11 is 0. The molecule has 0 bridgehead atoms. The van der Waals surface area contributed by atoms with Crippen LogP contribution in [-0.2, 0) is 0 Å². The van der Waals surface area contributed by atoms with Gasteiger partial charge in [0.15, 0.2) is 0 Å². The molecule has 1 N–H and O–H groups in total. The SMILES string of the molecule is Cc1nc(NC2CC2)nc2ccc(-c3ccc(F)cc3)cc12. The lowest BCUT2D eigenvalue weighted by molar-refractivity contribution is 0.628. The van der Waals surface area contributed by atoms with Crippen LogP contribution in [0.25, 0.3) is 22.0 Å². The third-order valence-corrected chi connectivity index (χ3v) is 3.97. The fraction of sp³-hybridized carbons (Fsp3) is 0.222. The summed E-state index contributed by atoms with van der Waals surface area (Å²) in [4.78, 5) is 9.13. The smallest absolute Gasteiger partial charge is 0.223 e. The zero-order valence-corrected chi connectivity index (χ0v) is 12.3. The molecule has 1 aliphatic rings. The van der Waals surface area contributed by atoms with E-state index in [4.69, 9.17) is 0 Å². The van der Waals surface area contributed by atoms with Crippen LogP contribution in [0.4, 0.5) is 10.3 Å². The maximum absolute atomic E-state index is 13.0. The van der Waals surface area contributed by atoms with Gasteiger partial charge in [-0.25, -0.2) is 14.4 Å². The van der Waals surface area contributed by atoms with E-state index in [1.807, 2.05) is 19.1 Å². The van der Waals surface area contributed by atoms with Crippen LogP contribution in [0.5, 0.6) is 0 Å². The summed E-state index contributed by atoms with van der Waals surface area (Å²) in [6, 6.07) is 13.2. The van der Waals surface area contributed by atoms with Crippen molar-refractivity contribution in [3.8, 4) is 11.1 Å². The monoisotopic (exact) mass is 293 g/mol. The Hall–Kier alpha value is -2.49. The van der Waals surface area contributed by atoms with Gasteiger partial charge in [-0.15, -0.1) is 0 Å². The number of nitrogens with zero attached hydrogens (tertiary/aromatic N) is 2. The Morgan fingerprint density at radius 2 is 1.73 bits per heavy atom. The molecule has 3 nitrogen and oxygen atoms in total. The molecule has 0 atom stereocenters. The molecule has 1 heterocycles. The minimum absolute atomic E-state index is 0.222. The van der Waals surface area contributed by atoms with E-state index in [-0.39, 0.29) is 5.82 Å². The van der Waals surface area contributed by atoms with Gasteiger partial charge in [0.1, 0.15) is 5.82 Å². The zero-order valence-electron chi connectivity index (χ0n) is 12.3. The summed E-state index contributed by atoms with van der Waals surface area (Å²) in [7, 11) is 0. The quantitative estimate of drug-likeness (QED) is 0.781. The van der Waals surface area contributed by atoms with E-state index in [2.05, 4.69) is 21.4 Å². The summed E-state index contributed by atoms with van der Waals surface area (Å²) in [5, 5.41) is 4.37. The second-order valence-electron chi connectivity index (χ2n) is 5.79. The van der Waals surface area contributed by atoms with E-state index in [0.29, 0.717) is 12.0 Å². The molecule has 1 saturated carbocycles. The molecule has 4 heteroatoms. The highest BCUT2D eigenvalue weighted by Gasteiger charge is 2.22. The maximum atomic E-state index is 13.0. The highest BCUT2D eigenvalue weighted by molar-refractivity contribution is 5.86. The van der Waals surface area contributed by atoms with Gasteiger partial charge >= 0.3 is 0 Å². The zero-order chi connectivity index (χ0) is 15.1. The topological polar surface area (TPSA) is 37.8 Å². The first-order chi connectivity index (χ1) is 10.7. The molecule has 0 saturated heterocycles. The number of fused-ring (bicyclic) bond motifs is 1. The molecule has 0 spiro atoms. The molecule has 4 rings (SSSR count). The van der Waals surface area contributed by atoms with Gasteiger partial charge in [0.2, 0.25) is 5.95 Å². The van der Waals surface area contributed by atoms with E-state index in [1.165, 1.54) is 25.0 Å². The average Bonchev–Trinajstić information content (AvgIpc) is 3.32. The van der Waals surface area contributed by atoms with E-state index in [9.17, 15) is 4.39 Å². The number of hydrogen-bond acceptors (Lipinski definition) is 3. The Labute approximate surface area is 128 Å². The first kappa shape index (κ1) is 13.2. The molecule has 110 valence electrons. The van der Waals surface area contributed by atoms with Crippen LogP contribution < -0.4 is 5.32 Å². The van der Waals surface area contributed by atoms with Crippen LogP contribution in [0.2, 0.25) is 0 Å². The second kappa shape index (κ2) is 5.05. The van der Waals surface area contributed by atoms with Crippen LogP contribution in [0.15, 0.2) is 42.5 Å². The maximum Gasteiger partial charge on any atom is 0.223 e. The number of aryl methyl sites for hydroxylation is 1. The number of rotatable bonds is 3. The molecule has 0 amide bonds. The minimum atomic E-state index is -0.222. The summed E-state index contributed by atoms with van der Waals surface area (Å²) in [5.74, 6) is 0.488. The summed E-state index contributed by atoms with van der Waals surface area (Å²) in [5.41, 5.74) is 3.92. The minimum Gasteiger partial charge on any atom is -0.351 e. The van der Waals surface area contributed by atoms with Gasteiger partial charge in [-0.2, -0.15) is 0 Å². The van der Waals surface area contributed by atoms with Crippen LogP contribution in [-0.4, -0.2) is 16.0 Å². The van der Waals surface area contributed by atoms with Crippen LogP contribution in [0.3, 0.4) is 0 Å². The van der Waals surface area contributed by atoms with Gasteiger partial charge in [-0.05, 0) is 55.2 Å². The first-order valence-corrected chi connectivity index (χ1v) is 7.50. The van der Waals surface area contributed by atoms with Crippen molar-refractivity contribution in [3.63, 3.8) is 0 Å². The lowest BCUT2D eigenvalue weighted by Gasteiger charge is -2.09. The summed E-state index contributed by atoms with van der Waals surface area (Å²) in [6.45, 7) is 2.00. The molecule has 1 aliphatic carbocycles. The molecule has 0 aliphatic heterocycles. The average molecular weight is 293 g/mol. The molecule has 22 heavy (non-hydrogen) atoms. The molecular formula is C18H16FN3. The number of benzene rings is 2. The standard InChI is InChI=1S/C18H16FN3/c1-11-16-10-13(12-2-5-14(19)6-3-12)4-9-17(16)22-18(20-11)21-15-7-8-15/h2-6,9-10,15H,7-8H2,1H3,(H,20,21,22). The molecule has 0 radical (unpaired) electrons. The van der Waals surface area contributed by atoms with Crippen LogP contribution in [0.1, 0.15) is 18.5 Å². The first-order valence-electron chi connectivity index (χ1n) is 7.50. The van der Waals surface area contributed by atoms with Gasteiger partial charge in [0.25, 0.3) is 0 Å². The van der Waals surface area contributed by atoms with Crippen molar-refractivity contribution in [3.05, 3.63) is 54.0 Å². The number of nitrogens with one attached hydrogen (secondary N) is 1. The van der Waals surface area contributed by atoms with Crippen molar-refractivity contribution in [1.29, 1.82) is 0 Å². The molecule has 2 aromatic carbocycles. The van der Waals surface area contributed by atoms with Gasteiger partial charge in [-0.1, -0.05) is 18.2 Å². The Morgan fingerprint density at radius 1 is 1.00 bits per heavy atom. The van der Waals surface area contributed by atoms with Crippen LogP contribution >= 0.6 is 0 Å². The Balaban J connectivity index is 1.76. The summed E-state index contributed by atoms with van der Waals surface area (Å²) < 4.78 is 13.0. The highest BCUT2D eigenvalue weighted by atomic mass is 19.1. The normalized spacial score (nSPS) is 14.3. The Morgan fingerprint density at radius 3 is 2.45 bits per heavy atom. The lowest BCUT2D eigenvalue weighted by atomic mass is 10.0. The fourth-order valence-electron chi connectivity index (χ4n) is 2.58. The van der Waals surface area contributed by atoms with Crippen molar-refractivity contribution in [2.45, 2.75) is 25.8 Å². The van der Waals surface area contributed by atoms with E-state index >= 15 is 0 Å². The van der Waals surface area contributed by atoms with E-state index in [1.54, 1.807) is 12.1 Å². The Bertz CT molecular complexity index is 839. The third kappa shape index (κ3) is 2.52. The van der Waals surface area contributed by atoms with Gasteiger partial charge < -0.3 is 5.32 Å². The fourth-order valence-corrected chi connectivity index (χ4v) is 2.58. The molecule has 1 fully saturated rings. The van der Waals surface area contributed by atoms with Crippen molar-refractivity contribution in [2.75, 3.05) is 5.32 Å². The van der Waals surface area contributed by atoms with Crippen molar-refractivity contribution in [1.82, 2.24) is 9.97 Å².